The molecule has 0 bridgehead atoms. The lowest BCUT2D eigenvalue weighted by atomic mass is 10.1. The summed E-state index contributed by atoms with van der Waals surface area (Å²) in [6, 6.07) is 5.45. The topological polar surface area (TPSA) is 31.4 Å². The number of nitrogens with zero attached hydrogens (tertiary/aromatic N) is 3. The lowest BCUT2D eigenvalue weighted by Gasteiger charge is -2.43. The third-order valence-electron chi connectivity index (χ3n) is 4.07. The number of hydrogen-bond donors (Lipinski definition) is 1. The van der Waals surface area contributed by atoms with Crippen LogP contribution in [0.25, 0.3) is 0 Å². The van der Waals surface area contributed by atoms with Crippen LogP contribution >= 0.6 is 0 Å². The van der Waals surface area contributed by atoms with Crippen LogP contribution in [0.3, 0.4) is 0 Å². The van der Waals surface area contributed by atoms with Gasteiger partial charge < -0.3 is 10.2 Å². The van der Waals surface area contributed by atoms with Gasteiger partial charge in [-0.05, 0) is 45.1 Å². The monoisotopic (exact) mass is 262 g/mol. The van der Waals surface area contributed by atoms with E-state index in [1.807, 2.05) is 6.20 Å². The summed E-state index contributed by atoms with van der Waals surface area (Å²) in [6.07, 6.45) is 1.93. The number of anilines is 1. The van der Waals surface area contributed by atoms with Crippen LogP contribution < -0.4 is 10.2 Å². The molecule has 0 aromatic carbocycles. The maximum atomic E-state index is 4.54. The Morgan fingerprint density at radius 1 is 1.32 bits per heavy atom. The molecule has 1 aliphatic heterocycles. The lowest BCUT2D eigenvalue weighted by molar-refractivity contribution is 0.169. The largest absolute Gasteiger partial charge is 0.353 e. The van der Waals surface area contributed by atoms with Crippen LogP contribution in [0.5, 0.6) is 0 Å². The molecule has 106 valence electrons. The average molecular weight is 262 g/mol. The van der Waals surface area contributed by atoms with Gasteiger partial charge in [0.25, 0.3) is 0 Å². The Hall–Kier alpha value is -1.13. The summed E-state index contributed by atoms with van der Waals surface area (Å²) in [5, 5.41) is 3.36. The molecule has 4 heteroatoms. The number of nitrogens with one attached hydrogen (secondary N) is 1. The van der Waals surface area contributed by atoms with Crippen molar-refractivity contribution in [3.8, 4) is 0 Å². The van der Waals surface area contributed by atoms with Crippen LogP contribution in [0.15, 0.2) is 18.3 Å². The van der Waals surface area contributed by atoms with Gasteiger partial charge in [-0.1, -0.05) is 6.92 Å². The molecule has 1 aromatic rings. The van der Waals surface area contributed by atoms with Gasteiger partial charge in [-0.2, -0.15) is 0 Å². The molecule has 1 aromatic heterocycles. The van der Waals surface area contributed by atoms with Gasteiger partial charge in [0.15, 0.2) is 0 Å². The molecule has 0 saturated carbocycles. The van der Waals surface area contributed by atoms with Gasteiger partial charge in [-0.15, -0.1) is 0 Å². The molecule has 19 heavy (non-hydrogen) atoms. The van der Waals surface area contributed by atoms with Crippen molar-refractivity contribution in [3.05, 3.63) is 23.9 Å². The van der Waals surface area contributed by atoms with Gasteiger partial charge in [0.05, 0.1) is 0 Å². The minimum Gasteiger partial charge on any atom is -0.353 e. The molecule has 2 rings (SSSR count). The standard InChI is InChI=1S/C15H26N4/c1-5-16-9-14-6-7-17-15(8-14)19-10-12(2)18(4)13(3)11-19/h6-8,12-13,16H,5,9-11H2,1-4H3. The highest BCUT2D eigenvalue weighted by molar-refractivity contribution is 5.42. The average Bonchev–Trinajstić information content (AvgIpc) is 2.42. The van der Waals surface area contributed by atoms with Crippen molar-refractivity contribution < 1.29 is 0 Å². The Morgan fingerprint density at radius 2 is 2.00 bits per heavy atom. The summed E-state index contributed by atoms with van der Waals surface area (Å²) in [6.45, 7) is 10.7. The second-order valence-electron chi connectivity index (χ2n) is 5.57. The van der Waals surface area contributed by atoms with E-state index in [9.17, 15) is 0 Å². The summed E-state index contributed by atoms with van der Waals surface area (Å²) in [5.74, 6) is 1.11. The Morgan fingerprint density at radius 3 is 2.63 bits per heavy atom. The van der Waals surface area contributed by atoms with E-state index in [4.69, 9.17) is 0 Å². The summed E-state index contributed by atoms with van der Waals surface area (Å²) in [5.41, 5.74) is 1.31. The molecule has 0 spiro atoms. The van der Waals surface area contributed by atoms with Gasteiger partial charge >= 0.3 is 0 Å². The number of rotatable bonds is 4. The smallest absolute Gasteiger partial charge is 0.128 e. The van der Waals surface area contributed by atoms with E-state index < -0.39 is 0 Å². The van der Waals surface area contributed by atoms with E-state index in [-0.39, 0.29) is 0 Å². The molecule has 4 nitrogen and oxygen atoms in total. The first kappa shape index (κ1) is 14.3. The van der Waals surface area contributed by atoms with E-state index in [0.29, 0.717) is 12.1 Å². The van der Waals surface area contributed by atoms with E-state index in [2.05, 4.69) is 60.1 Å². The minimum atomic E-state index is 0.572. The Balaban J connectivity index is 2.09. The van der Waals surface area contributed by atoms with Crippen molar-refractivity contribution >= 4 is 5.82 Å². The normalized spacial score (nSPS) is 24.7. The zero-order chi connectivity index (χ0) is 13.8. The fourth-order valence-electron chi connectivity index (χ4n) is 2.60. The van der Waals surface area contributed by atoms with Crippen LogP contribution in [0.4, 0.5) is 5.82 Å². The maximum absolute atomic E-state index is 4.54. The molecule has 0 aliphatic carbocycles. The fourth-order valence-corrected chi connectivity index (χ4v) is 2.60. The molecule has 1 fully saturated rings. The molecular formula is C15H26N4. The maximum Gasteiger partial charge on any atom is 0.128 e. The zero-order valence-corrected chi connectivity index (χ0v) is 12.6. The third-order valence-corrected chi connectivity index (χ3v) is 4.07. The molecule has 2 unspecified atom stereocenters. The molecule has 0 amide bonds. The Labute approximate surface area is 116 Å². The molecule has 1 aliphatic rings. The molecular weight excluding hydrogens is 236 g/mol. The number of aromatic nitrogens is 1. The number of likely N-dealkylation sites (N-methyl/N-ethyl adjacent to an activating group) is 1. The second kappa shape index (κ2) is 6.35. The number of pyridine rings is 1. The first-order chi connectivity index (χ1) is 9.11. The summed E-state index contributed by atoms with van der Waals surface area (Å²) in [4.78, 5) is 9.40. The van der Waals surface area contributed by atoms with E-state index in [1.165, 1.54) is 5.56 Å². The fraction of sp³-hybridized carbons (Fsp3) is 0.667. The highest BCUT2D eigenvalue weighted by Gasteiger charge is 2.27. The van der Waals surface area contributed by atoms with Gasteiger partial charge in [-0.25, -0.2) is 4.98 Å². The Bertz CT molecular complexity index is 395. The van der Waals surface area contributed by atoms with Crippen LogP contribution in [0, 0.1) is 0 Å². The van der Waals surface area contributed by atoms with Crippen LogP contribution in [0.1, 0.15) is 26.3 Å². The van der Waals surface area contributed by atoms with Crippen molar-refractivity contribution in [2.24, 2.45) is 0 Å². The van der Waals surface area contributed by atoms with E-state index in [1.54, 1.807) is 0 Å². The summed E-state index contributed by atoms with van der Waals surface area (Å²) < 4.78 is 0. The lowest BCUT2D eigenvalue weighted by Crippen LogP contribution is -2.55. The molecule has 1 N–H and O–H groups in total. The van der Waals surface area contributed by atoms with Crippen molar-refractivity contribution in [3.63, 3.8) is 0 Å². The first-order valence-electron chi connectivity index (χ1n) is 7.24. The quantitative estimate of drug-likeness (QED) is 0.895. The molecule has 0 radical (unpaired) electrons. The number of hydrogen-bond acceptors (Lipinski definition) is 4. The van der Waals surface area contributed by atoms with Gasteiger partial charge in [0.1, 0.15) is 5.82 Å². The van der Waals surface area contributed by atoms with E-state index in [0.717, 1.165) is 32.0 Å². The highest BCUT2D eigenvalue weighted by atomic mass is 15.3. The highest BCUT2D eigenvalue weighted by Crippen LogP contribution is 2.20. The van der Waals surface area contributed by atoms with Crippen molar-refractivity contribution in [2.45, 2.75) is 39.4 Å². The van der Waals surface area contributed by atoms with Crippen LogP contribution in [-0.4, -0.2) is 48.6 Å². The van der Waals surface area contributed by atoms with Gasteiger partial charge in [0, 0.05) is 37.9 Å². The zero-order valence-electron chi connectivity index (χ0n) is 12.6. The minimum absolute atomic E-state index is 0.572. The van der Waals surface area contributed by atoms with Crippen molar-refractivity contribution in [2.75, 3.05) is 31.6 Å². The van der Waals surface area contributed by atoms with Crippen LogP contribution in [-0.2, 0) is 6.54 Å². The van der Waals surface area contributed by atoms with Crippen LogP contribution in [0.2, 0.25) is 0 Å². The first-order valence-corrected chi connectivity index (χ1v) is 7.24. The number of piperazine rings is 1. The predicted octanol–water partition coefficient (Wildman–Crippen LogP) is 1.72. The SMILES string of the molecule is CCNCc1ccnc(N2CC(C)N(C)C(C)C2)c1. The van der Waals surface area contributed by atoms with Crippen molar-refractivity contribution in [1.29, 1.82) is 0 Å². The molecule has 2 atom stereocenters. The Kier molecular flexibility index (Phi) is 4.77. The predicted molar refractivity (Wildman–Crippen MR) is 80.5 cm³/mol. The third kappa shape index (κ3) is 3.45. The summed E-state index contributed by atoms with van der Waals surface area (Å²) >= 11 is 0. The van der Waals surface area contributed by atoms with Crippen molar-refractivity contribution in [1.82, 2.24) is 15.2 Å². The van der Waals surface area contributed by atoms with Gasteiger partial charge in [0.2, 0.25) is 0 Å². The van der Waals surface area contributed by atoms with Gasteiger partial charge in [-0.3, -0.25) is 4.90 Å². The summed E-state index contributed by atoms with van der Waals surface area (Å²) in [7, 11) is 2.21. The molecule has 2 heterocycles. The second-order valence-corrected chi connectivity index (χ2v) is 5.57. The molecule has 1 saturated heterocycles. The van der Waals surface area contributed by atoms with E-state index >= 15 is 0 Å².